The standard InChI is InChI=1S/C9H18N2O4/c1-7(2)5-10-8(13)6-11-9(14)15-4-3-12/h7,12H,3-6H2,1-2H3,(H,10,13)(H,11,14). The minimum atomic E-state index is -0.705. The zero-order valence-corrected chi connectivity index (χ0v) is 9.08. The van der Waals surface area contributed by atoms with Gasteiger partial charge in [0.15, 0.2) is 0 Å². The SMILES string of the molecule is CC(C)CNC(=O)CNC(=O)OCCO. The number of hydrogen-bond donors (Lipinski definition) is 3. The Morgan fingerprint density at radius 3 is 2.53 bits per heavy atom. The summed E-state index contributed by atoms with van der Waals surface area (Å²) in [6.07, 6.45) is -0.705. The molecule has 3 N–H and O–H groups in total. The molecule has 0 aliphatic carbocycles. The van der Waals surface area contributed by atoms with Gasteiger partial charge in [0.2, 0.25) is 5.91 Å². The quantitative estimate of drug-likeness (QED) is 0.559. The number of carbonyl (C=O) groups is 2. The monoisotopic (exact) mass is 218 g/mol. The van der Waals surface area contributed by atoms with Crippen molar-refractivity contribution < 1.29 is 19.4 Å². The molecular weight excluding hydrogens is 200 g/mol. The van der Waals surface area contributed by atoms with Crippen molar-refractivity contribution >= 4 is 12.0 Å². The minimum Gasteiger partial charge on any atom is -0.447 e. The maximum Gasteiger partial charge on any atom is 0.407 e. The van der Waals surface area contributed by atoms with Crippen molar-refractivity contribution in [1.29, 1.82) is 0 Å². The Morgan fingerprint density at radius 1 is 1.33 bits per heavy atom. The Labute approximate surface area is 89.0 Å². The zero-order chi connectivity index (χ0) is 11.7. The third-order valence-corrected chi connectivity index (χ3v) is 1.43. The molecule has 0 saturated carbocycles. The van der Waals surface area contributed by atoms with Crippen LogP contribution in [0.5, 0.6) is 0 Å². The van der Waals surface area contributed by atoms with Crippen molar-refractivity contribution in [3.8, 4) is 0 Å². The lowest BCUT2D eigenvalue weighted by molar-refractivity contribution is -0.120. The lowest BCUT2D eigenvalue weighted by Crippen LogP contribution is -2.38. The first kappa shape index (κ1) is 13.7. The molecular formula is C9H18N2O4. The van der Waals surface area contributed by atoms with E-state index < -0.39 is 6.09 Å². The zero-order valence-electron chi connectivity index (χ0n) is 9.08. The molecule has 0 heterocycles. The van der Waals surface area contributed by atoms with Gasteiger partial charge < -0.3 is 20.5 Å². The van der Waals surface area contributed by atoms with Crippen LogP contribution in [0.25, 0.3) is 0 Å². The number of ether oxygens (including phenoxy) is 1. The molecule has 0 radical (unpaired) electrons. The summed E-state index contributed by atoms with van der Waals surface area (Å²) in [6, 6.07) is 0. The number of hydrogen-bond acceptors (Lipinski definition) is 4. The van der Waals surface area contributed by atoms with Crippen LogP contribution in [-0.2, 0) is 9.53 Å². The van der Waals surface area contributed by atoms with Crippen molar-refractivity contribution in [3.05, 3.63) is 0 Å². The molecule has 0 aromatic carbocycles. The van der Waals surface area contributed by atoms with Crippen molar-refractivity contribution in [2.24, 2.45) is 5.92 Å². The summed E-state index contributed by atoms with van der Waals surface area (Å²) in [6.45, 7) is 4.11. The lowest BCUT2D eigenvalue weighted by atomic mass is 10.2. The van der Waals surface area contributed by atoms with Crippen LogP contribution in [-0.4, -0.2) is 43.4 Å². The highest BCUT2D eigenvalue weighted by Crippen LogP contribution is 1.86. The largest absolute Gasteiger partial charge is 0.447 e. The number of carbonyl (C=O) groups excluding carboxylic acids is 2. The number of aliphatic hydroxyl groups excluding tert-OH is 1. The summed E-state index contributed by atoms with van der Waals surface area (Å²) in [7, 11) is 0. The molecule has 0 aliphatic heterocycles. The van der Waals surface area contributed by atoms with Crippen molar-refractivity contribution in [2.45, 2.75) is 13.8 Å². The summed E-state index contributed by atoms with van der Waals surface area (Å²) in [5.41, 5.74) is 0. The van der Waals surface area contributed by atoms with Gasteiger partial charge in [-0.25, -0.2) is 4.79 Å². The Kier molecular flexibility index (Phi) is 7.35. The van der Waals surface area contributed by atoms with Crippen molar-refractivity contribution in [1.82, 2.24) is 10.6 Å². The molecule has 0 saturated heterocycles. The fourth-order valence-electron chi connectivity index (χ4n) is 0.722. The van der Waals surface area contributed by atoms with Gasteiger partial charge in [-0.3, -0.25) is 4.79 Å². The van der Waals surface area contributed by atoms with E-state index in [1.165, 1.54) is 0 Å². The van der Waals surface area contributed by atoms with Gasteiger partial charge in [0, 0.05) is 6.54 Å². The summed E-state index contributed by atoms with van der Waals surface area (Å²) in [4.78, 5) is 21.9. The number of aliphatic hydroxyl groups is 1. The van der Waals surface area contributed by atoms with E-state index in [9.17, 15) is 9.59 Å². The predicted molar refractivity (Wildman–Crippen MR) is 54.3 cm³/mol. The Balaban J connectivity index is 3.49. The molecule has 15 heavy (non-hydrogen) atoms. The Morgan fingerprint density at radius 2 is 2.00 bits per heavy atom. The van der Waals surface area contributed by atoms with E-state index in [0.717, 1.165) is 0 Å². The van der Waals surface area contributed by atoms with Gasteiger partial charge in [0.1, 0.15) is 6.61 Å². The molecule has 88 valence electrons. The van der Waals surface area contributed by atoms with E-state index in [0.29, 0.717) is 12.5 Å². The van der Waals surface area contributed by atoms with Crippen LogP contribution in [0.1, 0.15) is 13.8 Å². The maximum absolute atomic E-state index is 11.1. The highest BCUT2D eigenvalue weighted by atomic mass is 16.6. The molecule has 0 unspecified atom stereocenters. The van der Waals surface area contributed by atoms with Gasteiger partial charge in [0.25, 0.3) is 0 Å². The predicted octanol–water partition coefficient (Wildman–Crippen LogP) is -0.523. The van der Waals surface area contributed by atoms with E-state index >= 15 is 0 Å². The number of alkyl carbamates (subject to hydrolysis) is 1. The van der Waals surface area contributed by atoms with E-state index in [1.807, 2.05) is 13.8 Å². The summed E-state index contributed by atoms with van der Waals surface area (Å²) >= 11 is 0. The number of nitrogens with one attached hydrogen (secondary N) is 2. The topological polar surface area (TPSA) is 87.7 Å². The van der Waals surface area contributed by atoms with Crippen LogP contribution >= 0.6 is 0 Å². The summed E-state index contributed by atoms with van der Waals surface area (Å²) < 4.78 is 4.49. The fraction of sp³-hybridized carbons (Fsp3) is 0.778. The third kappa shape index (κ3) is 9.01. The second-order valence-corrected chi connectivity index (χ2v) is 3.41. The molecule has 0 bridgehead atoms. The maximum atomic E-state index is 11.1. The average Bonchev–Trinajstić information content (AvgIpc) is 2.20. The highest BCUT2D eigenvalue weighted by Gasteiger charge is 2.05. The summed E-state index contributed by atoms with van der Waals surface area (Å²) in [5.74, 6) is 0.111. The highest BCUT2D eigenvalue weighted by molar-refractivity contribution is 5.82. The fourth-order valence-corrected chi connectivity index (χ4v) is 0.722. The molecule has 0 aromatic heterocycles. The van der Waals surface area contributed by atoms with Gasteiger partial charge in [0.05, 0.1) is 13.2 Å². The van der Waals surface area contributed by atoms with E-state index in [1.54, 1.807) is 0 Å². The number of amides is 2. The van der Waals surface area contributed by atoms with Crippen LogP contribution in [0.15, 0.2) is 0 Å². The molecule has 0 rings (SSSR count). The van der Waals surface area contributed by atoms with Gasteiger partial charge in [-0.15, -0.1) is 0 Å². The molecule has 6 nitrogen and oxygen atoms in total. The first-order valence-electron chi connectivity index (χ1n) is 4.84. The molecule has 0 fully saturated rings. The second-order valence-electron chi connectivity index (χ2n) is 3.41. The number of rotatable bonds is 6. The Hall–Kier alpha value is -1.30. The van der Waals surface area contributed by atoms with Crippen LogP contribution in [0.3, 0.4) is 0 Å². The van der Waals surface area contributed by atoms with Gasteiger partial charge >= 0.3 is 6.09 Å². The van der Waals surface area contributed by atoms with E-state index in [-0.39, 0.29) is 25.7 Å². The first-order chi connectivity index (χ1) is 7.06. The normalized spacial score (nSPS) is 9.87. The average molecular weight is 218 g/mol. The molecule has 6 heteroatoms. The summed E-state index contributed by atoms with van der Waals surface area (Å²) in [5, 5.41) is 13.2. The van der Waals surface area contributed by atoms with Crippen molar-refractivity contribution in [3.63, 3.8) is 0 Å². The van der Waals surface area contributed by atoms with Gasteiger partial charge in [-0.2, -0.15) is 0 Å². The second kappa shape index (κ2) is 8.05. The molecule has 0 atom stereocenters. The van der Waals surface area contributed by atoms with Gasteiger partial charge in [-0.05, 0) is 5.92 Å². The molecule has 0 spiro atoms. The van der Waals surface area contributed by atoms with E-state index in [2.05, 4.69) is 15.4 Å². The third-order valence-electron chi connectivity index (χ3n) is 1.43. The van der Waals surface area contributed by atoms with Crippen molar-refractivity contribution in [2.75, 3.05) is 26.3 Å². The van der Waals surface area contributed by atoms with E-state index in [4.69, 9.17) is 5.11 Å². The molecule has 0 aromatic rings. The minimum absolute atomic E-state index is 0.0700. The first-order valence-corrected chi connectivity index (χ1v) is 4.84. The van der Waals surface area contributed by atoms with Crippen LogP contribution in [0, 0.1) is 5.92 Å². The smallest absolute Gasteiger partial charge is 0.407 e. The molecule has 0 aliphatic rings. The lowest BCUT2D eigenvalue weighted by Gasteiger charge is -2.08. The van der Waals surface area contributed by atoms with Crippen LogP contribution in [0.4, 0.5) is 4.79 Å². The van der Waals surface area contributed by atoms with Crippen LogP contribution < -0.4 is 10.6 Å². The Bertz CT molecular complexity index is 206. The van der Waals surface area contributed by atoms with Gasteiger partial charge in [-0.1, -0.05) is 13.8 Å². The molecule has 2 amide bonds. The van der Waals surface area contributed by atoms with Crippen LogP contribution in [0.2, 0.25) is 0 Å².